The fourth-order valence-electron chi connectivity index (χ4n) is 5.51. The summed E-state index contributed by atoms with van der Waals surface area (Å²) < 4.78 is 83.1. The smallest absolute Gasteiger partial charge is 0.381 e. The minimum atomic E-state index is -4.92. The summed E-state index contributed by atoms with van der Waals surface area (Å²) in [6.45, 7) is 2.99. The lowest BCUT2D eigenvalue weighted by atomic mass is 9.87. The fraction of sp³-hybridized carbons (Fsp3) is 0.520. The van der Waals surface area contributed by atoms with Crippen LogP contribution in [0.15, 0.2) is 35.3 Å². The number of fused-ring (bicyclic) bond motifs is 1. The number of amides is 1. The lowest BCUT2D eigenvalue weighted by Crippen LogP contribution is -2.45. The van der Waals surface area contributed by atoms with Crippen LogP contribution in [0, 0.1) is 17.7 Å². The van der Waals surface area contributed by atoms with Crippen molar-refractivity contribution < 1.29 is 31.1 Å². The Labute approximate surface area is 208 Å². The van der Waals surface area contributed by atoms with E-state index in [0.29, 0.717) is 17.9 Å². The molecule has 0 bridgehead atoms. The number of hydrogen-bond donors (Lipinski definition) is 2. The van der Waals surface area contributed by atoms with E-state index in [1.54, 1.807) is 0 Å². The van der Waals surface area contributed by atoms with Crippen molar-refractivity contribution in [2.24, 2.45) is 11.8 Å². The van der Waals surface area contributed by atoms with Crippen molar-refractivity contribution in [3.63, 3.8) is 0 Å². The number of nitrogens with zero attached hydrogens (tertiary/aromatic N) is 2. The zero-order valence-corrected chi connectivity index (χ0v) is 20.1. The lowest BCUT2D eigenvalue weighted by molar-refractivity contribution is -0.140. The van der Waals surface area contributed by atoms with Gasteiger partial charge < -0.3 is 20.1 Å². The van der Waals surface area contributed by atoms with E-state index in [9.17, 15) is 35.9 Å². The number of benzene rings is 1. The van der Waals surface area contributed by atoms with E-state index in [0.717, 1.165) is 42.1 Å². The average molecular weight is 528 g/mol. The van der Waals surface area contributed by atoms with Gasteiger partial charge >= 0.3 is 6.18 Å². The van der Waals surface area contributed by atoms with Crippen LogP contribution in [0.4, 0.5) is 32.0 Å². The average Bonchev–Trinajstić information content (AvgIpc) is 3.23. The molecule has 3 fully saturated rings. The SMILES string of the molecule is C[C@@H](NC(=O)c1cn([C@H]2CCC2(F)F)c(=O)cc1N[C@@H]1[C@@H]2CN(C)C[C@@H]21)c1cccc(C(F)(F)F)c1F. The van der Waals surface area contributed by atoms with E-state index in [1.165, 1.54) is 6.92 Å². The molecule has 2 aliphatic carbocycles. The van der Waals surface area contributed by atoms with E-state index >= 15 is 0 Å². The third kappa shape index (κ3) is 4.60. The Morgan fingerprint density at radius 3 is 2.43 bits per heavy atom. The molecule has 2 saturated carbocycles. The van der Waals surface area contributed by atoms with Gasteiger partial charge in [0.25, 0.3) is 17.4 Å². The van der Waals surface area contributed by atoms with Gasteiger partial charge in [-0.05, 0) is 38.3 Å². The zero-order chi connectivity index (χ0) is 26.9. The van der Waals surface area contributed by atoms with Crippen molar-refractivity contribution in [2.45, 2.75) is 50.0 Å². The largest absolute Gasteiger partial charge is 0.419 e. The molecule has 2 aromatic rings. The van der Waals surface area contributed by atoms with Crippen LogP contribution < -0.4 is 16.2 Å². The van der Waals surface area contributed by atoms with Gasteiger partial charge in [-0.25, -0.2) is 13.2 Å². The molecule has 1 saturated heterocycles. The van der Waals surface area contributed by atoms with E-state index in [-0.39, 0.29) is 35.7 Å². The van der Waals surface area contributed by atoms with Crippen LogP contribution in [0.3, 0.4) is 0 Å². The molecule has 0 unspecified atom stereocenters. The Kier molecular flexibility index (Phi) is 6.08. The highest BCUT2D eigenvalue weighted by molar-refractivity contribution is 5.99. The van der Waals surface area contributed by atoms with Crippen LogP contribution in [0.1, 0.15) is 53.3 Å². The summed E-state index contributed by atoms with van der Waals surface area (Å²) in [5.74, 6) is -4.80. The molecule has 1 amide bonds. The number of pyridine rings is 1. The molecule has 0 radical (unpaired) electrons. The van der Waals surface area contributed by atoms with E-state index in [4.69, 9.17) is 0 Å². The highest BCUT2D eigenvalue weighted by Crippen LogP contribution is 2.48. The van der Waals surface area contributed by atoms with Gasteiger partial charge in [0, 0.05) is 43.4 Å². The summed E-state index contributed by atoms with van der Waals surface area (Å²) in [4.78, 5) is 28.2. The molecule has 37 heavy (non-hydrogen) atoms. The van der Waals surface area contributed by atoms with Crippen LogP contribution >= 0.6 is 0 Å². The molecule has 6 nitrogen and oxygen atoms in total. The Hall–Kier alpha value is -3.02. The summed E-state index contributed by atoms with van der Waals surface area (Å²) in [7, 11) is 1.98. The van der Waals surface area contributed by atoms with Crippen LogP contribution in [-0.4, -0.2) is 47.5 Å². The van der Waals surface area contributed by atoms with Crippen LogP contribution in [0.2, 0.25) is 0 Å². The number of hydrogen-bond acceptors (Lipinski definition) is 4. The highest BCUT2D eigenvalue weighted by Gasteiger charge is 2.55. The molecule has 200 valence electrons. The van der Waals surface area contributed by atoms with Crippen molar-refractivity contribution in [3.05, 3.63) is 63.3 Å². The number of aromatic nitrogens is 1. The number of rotatable bonds is 6. The molecular formula is C25H26F6N4O2. The summed E-state index contributed by atoms with van der Waals surface area (Å²) in [6, 6.07) is 1.31. The molecule has 1 aromatic carbocycles. The number of halogens is 6. The van der Waals surface area contributed by atoms with Crippen LogP contribution in [0.25, 0.3) is 0 Å². The molecule has 2 heterocycles. The molecule has 1 aliphatic heterocycles. The molecular weight excluding hydrogens is 502 g/mol. The maximum Gasteiger partial charge on any atom is 0.419 e. The summed E-state index contributed by atoms with van der Waals surface area (Å²) in [5.41, 5.74) is -2.49. The van der Waals surface area contributed by atoms with Crippen molar-refractivity contribution >= 4 is 11.6 Å². The molecule has 5 atom stereocenters. The topological polar surface area (TPSA) is 66.4 Å². The molecule has 5 rings (SSSR count). The zero-order valence-electron chi connectivity index (χ0n) is 20.1. The van der Waals surface area contributed by atoms with Crippen LogP contribution in [-0.2, 0) is 6.18 Å². The minimum Gasteiger partial charge on any atom is -0.381 e. The number of likely N-dealkylation sites (tertiary alicyclic amines) is 1. The standard InChI is InChI=1S/C25H26F6N4O2/c1-12(13-4-3-5-17(21(13)26)25(29,30)31)32-23(37)16-11-35(19-6-7-24(19,27)28)20(36)8-18(16)33-22-14-9-34(2)10-15(14)22/h3-5,8,11-12,14-15,19,22,33H,6-7,9-10H2,1-2H3,(H,32,37)/t12-,14-,15+,19+,22-/m1/s1. The van der Waals surface area contributed by atoms with E-state index in [2.05, 4.69) is 15.5 Å². The molecule has 2 N–H and O–H groups in total. The van der Waals surface area contributed by atoms with Crippen molar-refractivity contribution in [2.75, 3.05) is 25.5 Å². The third-order valence-electron chi connectivity index (χ3n) is 7.75. The van der Waals surface area contributed by atoms with Crippen molar-refractivity contribution in [3.8, 4) is 0 Å². The Bertz CT molecular complexity index is 1280. The van der Waals surface area contributed by atoms with E-state index in [1.807, 2.05) is 7.05 Å². The summed E-state index contributed by atoms with van der Waals surface area (Å²) >= 11 is 0. The Balaban J connectivity index is 1.45. The highest BCUT2D eigenvalue weighted by atomic mass is 19.4. The van der Waals surface area contributed by atoms with Gasteiger partial charge in [-0.1, -0.05) is 12.1 Å². The van der Waals surface area contributed by atoms with Gasteiger partial charge in [-0.2, -0.15) is 13.2 Å². The first kappa shape index (κ1) is 25.6. The number of nitrogens with one attached hydrogen (secondary N) is 2. The van der Waals surface area contributed by atoms with Crippen molar-refractivity contribution in [1.82, 2.24) is 14.8 Å². The normalized spacial score (nSPS) is 27.2. The Morgan fingerprint density at radius 1 is 1.19 bits per heavy atom. The monoisotopic (exact) mass is 528 g/mol. The summed E-state index contributed by atoms with van der Waals surface area (Å²) in [6.07, 6.45) is -4.17. The van der Waals surface area contributed by atoms with Gasteiger partial charge in [0.05, 0.1) is 22.9 Å². The van der Waals surface area contributed by atoms with Gasteiger partial charge in [0.15, 0.2) is 0 Å². The Morgan fingerprint density at radius 2 is 1.86 bits per heavy atom. The van der Waals surface area contributed by atoms with Gasteiger partial charge in [-0.15, -0.1) is 0 Å². The minimum absolute atomic E-state index is 0.00137. The van der Waals surface area contributed by atoms with Gasteiger partial charge in [0.2, 0.25) is 0 Å². The van der Waals surface area contributed by atoms with Crippen LogP contribution in [0.5, 0.6) is 0 Å². The molecule has 3 aliphatic rings. The second kappa shape index (κ2) is 8.78. The molecule has 0 spiro atoms. The maximum absolute atomic E-state index is 14.6. The predicted octanol–water partition coefficient (Wildman–Crippen LogP) is 4.44. The first-order valence-electron chi connectivity index (χ1n) is 12.0. The number of carbonyl (C=O) groups excluding carboxylic acids is 1. The maximum atomic E-state index is 14.6. The van der Waals surface area contributed by atoms with E-state index < -0.39 is 47.0 Å². The third-order valence-corrected chi connectivity index (χ3v) is 7.75. The predicted molar refractivity (Wildman–Crippen MR) is 123 cm³/mol. The number of anilines is 1. The second-order valence-electron chi connectivity index (χ2n) is 10.3. The van der Waals surface area contributed by atoms with Gasteiger partial charge in [0.1, 0.15) is 11.9 Å². The lowest BCUT2D eigenvalue weighted by Gasteiger charge is -2.37. The summed E-state index contributed by atoms with van der Waals surface area (Å²) in [5, 5.41) is 5.66. The number of carbonyl (C=O) groups is 1. The first-order chi connectivity index (χ1) is 17.3. The first-order valence-corrected chi connectivity index (χ1v) is 12.0. The molecule has 12 heteroatoms. The quantitative estimate of drug-likeness (QED) is 0.545. The molecule has 1 aromatic heterocycles. The number of alkyl halides is 5. The van der Waals surface area contributed by atoms with Gasteiger partial charge in [-0.3, -0.25) is 9.59 Å². The number of piperidine rings is 1. The second-order valence-corrected chi connectivity index (χ2v) is 10.3. The fourth-order valence-corrected chi connectivity index (χ4v) is 5.51. The van der Waals surface area contributed by atoms with Crippen molar-refractivity contribution in [1.29, 1.82) is 0 Å².